The fraction of sp³-hybridized carbons (Fsp3) is 0.619. The Morgan fingerprint density at radius 2 is 1.10 bits per heavy atom. The van der Waals surface area contributed by atoms with Crippen molar-refractivity contribution in [1.82, 2.24) is 16.0 Å². The molecule has 0 heterocycles. The average molecular weight is 560 g/mol. The number of rotatable bonds is 20. The van der Waals surface area contributed by atoms with Crippen molar-refractivity contribution >= 4 is 47.4 Å². The van der Waals surface area contributed by atoms with Crippen LogP contribution in [-0.2, 0) is 33.6 Å². The molecular formula is C21H37N9O9. The van der Waals surface area contributed by atoms with Crippen LogP contribution < -0.4 is 44.6 Å². The number of aliphatic carboxylic acids is 2. The van der Waals surface area contributed by atoms with Gasteiger partial charge in [-0.25, -0.2) is 4.79 Å². The predicted molar refractivity (Wildman–Crippen MR) is 135 cm³/mol. The Kier molecular flexibility index (Phi) is 15.8. The van der Waals surface area contributed by atoms with Gasteiger partial charge < -0.3 is 54.8 Å². The van der Waals surface area contributed by atoms with Gasteiger partial charge in [-0.3, -0.25) is 33.8 Å². The molecule has 15 N–H and O–H groups in total. The number of nitrogens with zero attached hydrogens (tertiary/aromatic N) is 1. The molecule has 0 fully saturated rings. The molecule has 0 rings (SSSR count). The summed E-state index contributed by atoms with van der Waals surface area (Å²) >= 11 is 0. The smallest absolute Gasteiger partial charge is 0.326 e. The van der Waals surface area contributed by atoms with Crippen LogP contribution in [0.2, 0.25) is 0 Å². The highest BCUT2D eigenvalue weighted by molar-refractivity contribution is 5.94. The SMILES string of the molecule is NC(=O)CCC(N)C(=O)NC(CCCN=C(N)N)C(=O)NC(CCC(=O)O)C(=O)NC(CCC(N)=O)C(=O)O. The Bertz CT molecular complexity index is 938. The molecular weight excluding hydrogens is 522 g/mol. The third kappa shape index (κ3) is 16.1. The van der Waals surface area contributed by atoms with Crippen LogP contribution in [0.15, 0.2) is 4.99 Å². The minimum Gasteiger partial charge on any atom is -0.481 e. The van der Waals surface area contributed by atoms with E-state index in [1.165, 1.54) is 0 Å². The van der Waals surface area contributed by atoms with E-state index in [9.17, 15) is 38.7 Å². The molecule has 0 aliphatic carbocycles. The summed E-state index contributed by atoms with van der Waals surface area (Å²) in [7, 11) is 0. The first-order valence-corrected chi connectivity index (χ1v) is 11.9. The number of carboxylic acid groups (broad SMARTS) is 2. The minimum atomic E-state index is -1.55. The number of hydrogen-bond acceptors (Lipinski definition) is 9. The van der Waals surface area contributed by atoms with Crippen LogP contribution in [0.5, 0.6) is 0 Å². The number of hydrogen-bond donors (Lipinski definition) is 10. The fourth-order valence-corrected chi connectivity index (χ4v) is 3.11. The van der Waals surface area contributed by atoms with Crippen molar-refractivity contribution in [2.75, 3.05) is 6.54 Å². The van der Waals surface area contributed by atoms with Gasteiger partial charge in [0.25, 0.3) is 0 Å². The van der Waals surface area contributed by atoms with Crippen molar-refractivity contribution < 1.29 is 43.8 Å². The summed E-state index contributed by atoms with van der Waals surface area (Å²) in [4.78, 5) is 86.7. The van der Waals surface area contributed by atoms with E-state index in [0.29, 0.717) is 0 Å². The predicted octanol–water partition coefficient (Wildman–Crippen LogP) is -4.70. The van der Waals surface area contributed by atoms with Gasteiger partial charge in [-0.05, 0) is 32.1 Å². The standard InChI is InChI=1S/C21H37N9O9/c22-10(3-6-14(23)31)17(35)28-11(2-1-9-27-21(25)26)18(36)29-12(5-8-16(33)34)19(37)30-13(20(38)39)4-7-15(24)32/h10-13H,1-9,22H2,(H2,23,31)(H2,24,32)(H,28,35)(H,29,36)(H,30,37)(H,33,34)(H,38,39)(H4,25,26,27). The lowest BCUT2D eigenvalue weighted by Gasteiger charge is -2.25. The highest BCUT2D eigenvalue weighted by atomic mass is 16.4. The van der Waals surface area contributed by atoms with E-state index in [1.54, 1.807) is 0 Å². The molecule has 4 atom stereocenters. The highest BCUT2D eigenvalue weighted by Crippen LogP contribution is 2.06. The first-order valence-electron chi connectivity index (χ1n) is 11.9. The van der Waals surface area contributed by atoms with E-state index in [4.69, 9.17) is 33.8 Å². The second-order valence-electron chi connectivity index (χ2n) is 8.52. The second kappa shape index (κ2) is 17.9. The molecule has 0 bridgehead atoms. The van der Waals surface area contributed by atoms with E-state index < -0.39 is 78.5 Å². The molecule has 0 saturated heterocycles. The van der Waals surface area contributed by atoms with E-state index >= 15 is 0 Å². The summed E-state index contributed by atoms with van der Waals surface area (Å²) < 4.78 is 0. The molecule has 220 valence electrons. The van der Waals surface area contributed by atoms with Crippen LogP contribution >= 0.6 is 0 Å². The third-order valence-corrected chi connectivity index (χ3v) is 5.19. The molecule has 18 nitrogen and oxygen atoms in total. The van der Waals surface area contributed by atoms with Crippen molar-refractivity contribution in [3.63, 3.8) is 0 Å². The number of aliphatic imine (C=N–C) groups is 1. The van der Waals surface area contributed by atoms with Crippen molar-refractivity contribution in [3.8, 4) is 0 Å². The zero-order chi connectivity index (χ0) is 30.1. The molecule has 0 radical (unpaired) electrons. The van der Waals surface area contributed by atoms with Gasteiger partial charge in [0.05, 0.1) is 6.04 Å². The topological polar surface area (TPSA) is 338 Å². The molecule has 0 saturated carbocycles. The number of primary amides is 2. The summed E-state index contributed by atoms with van der Waals surface area (Å²) in [5, 5.41) is 25.2. The Labute approximate surface area is 223 Å². The first-order chi connectivity index (χ1) is 18.1. The highest BCUT2D eigenvalue weighted by Gasteiger charge is 2.30. The van der Waals surface area contributed by atoms with Crippen LogP contribution in [-0.4, -0.2) is 88.4 Å². The van der Waals surface area contributed by atoms with Crippen LogP contribution in [0.25, 0.3) is 0 Å². The zero-order valence-electron chi connectivity index (χ0n) is 21.3. The molecule has 0 aromatic rings. The van der Waals surface area contributed by atoms with Crippen LogP contribution in [0.3, 0.4) is 0 Å². The molecule has 4 unspecified atom stereocenters. The lowest BCUT2D eigenvalue weighted by Crippen LogP contribution is -2.57. The van der Waals surface area contributed by atoms with Gasteiger partial charge in [-0.1, -0.05) is 0 Å². The normalized spacial score (nSPS) is 13.6. The van der Waals surface area contributed by atoms with Crippen molar-refractivity contribution in [1.29, 1.82) is 0 Å². The average Bonchev–Trinajstić information content (AvgIpc) is 2.83. The van der Waals surface area contributed by atoms with Crippen LogP contribution in [0.1, 0.15) is 51.4 Å². The first kappa shape index (κ1) is 34.5. The molecule has 0 aromatic heterocycles. The van der Waals surface area contributed by atoms with E-state index in [1.807, 2.05) is 0 Å². The van der Waals surface area contributed by atoms with Gasteiger partial charge in [0.1, 0.15) is 18.1 Å². The molecule has 5 amide bonds. The van der Waals surface area contributed by atoms with Gasteiger partial charge in [0, 0.05) is 25.8 Å². The monoisotopic (exact) mass is 559 g/mol. The number of amides is 5. The van der Waals surface area contributed by atoms with Crippen molar-refractivity contribution in [3.05, 3.63) is 0 Å². The molecule has 0 aromatic carbocycles. The molecule has 0 aliphatic rings. The van der Waals surface area contributed by atoms with E-state index in [2.05, 4.69) is 20.9 Å². The number of carbonyl (C=O) groups is 7. The van der Waals surface area contributed by atoms with Gasteiger partial charge in [-0.15, -0.1) is 0 Å². The Morgan fingerprint density at radius 3 is 1.59 bits per heavy atom. The van der Waals surface area contributed by atoms with Gasteiger partial charge in [0.15, 0.2) is 5.96 Å². The van der Waals surface area contributed by atoms with Gasteiger partial charge >= 0.3 is 11.9 Å². The largest absolute Gasteiger partial charge is 0.481 e. The Balaban J connectivity index is 5.71. The minimum absolute atomic E-state index is 0.0411. The van der Waals surface area contributed by atoms with E-state index in [-0.39, 0.29) is 51.0 Å². The maximum Gasteiger partial charge on any atom is 0.326 e. The Hall–Kier alpha value is -4.48. The number of nitrogens with one attached hydrogen (secondary N) is 3. The van der Waals surface area contributed by atoms with Crippen LogP contribution in [0, 0.1) is 0 Å². The number of carbonyl (C=O) groups excluding carboxylic acids is 5. The lowest BCUT2D eigenvalue weighted by molar-refractivity contribution is -0.143. The molecule has 0 spiro atoms. The summed E-state index contributed by atoms with van der Waals surface area (Å²) in [6.45, 7) is 0.0821. The molecule has 18 heteroatoms. The van der Waals surface area contributed by atoms with Crippen LogP contribution in [0.4, 0.5) is 0 Å². The maximum atomic E-state index is 13.1. The second-order valence-corrected chi connectivity index (χ2v) is 8.52. The number of guanidine groups is 1. The number of carboxylic acids is 2. The summed E-state index contributed by atoms with van der Waals surface area (Å²) in [6, 6.07) is -5.56. The molecule has 0 aliphatic heterocycles. The van der Waals surface area contributed by atoms with Crippen molar-refractivity contribution in [2.45, 2.75) is 75.5 Å². The third-order valence-electron chi connectivity index (χ3n) is 5.19. The lowest BCUT2D eigenvalue weighted by atomic mass is 10.0. The quantitative estimate of drug-likeness (QED) is 0.0382. The van der Waals surface area contributed by atoms with Gasteiger partial charge in [0.2, 0.25) is 29.5 Å². The van der Waals surface area contributed by atoms with Gasteiger partial charge in [-0.2, -0.15) is 0 Å². The van der Waals surface area contributed by atoms with Crippen molar-refractivity contribution in [2.24, 2.45) is 33.7 Å². The molecule has 39 heavy (non-hydrogen) atoms. The zero-order valence-corrected chi connectivity index (χ0v) is 21.3. The summed E-state index contributed by atoms with van der Waals surface area (Å²) in [5.74, 6) is -7.23. The Morgan fingerprint density at radius 1 is 0.641 bits per heavy atom. The summed E-state index contributed by atoms with van der Waals surface area (Å²) in [5.41, 5.74) is 26.4. The number of nitrogens with two attached hydrogens (primary N) is 5. The van der Waals surface area contributed by atoms with E-state index in [0.717, 1.165) is 0 Å². The maximum absolute atomic E-state index is 13.1. The summed E-state index contributed by atoms with van der Waals surface area (Å²) in [6.07, 6.45) is -1.85. The fourth-order valence-electron chi connectivity index (χ4n) is 3.11.